The third-order valence-electron chi connectivity index (χ3n) is 5.07. The van der Waals surface area contributed by atoms with Crippen molar-refractivity contribution < 1.29 is 4.79 Å². The van der Waals surface area contributed by atoms with Crippen LogP contribution in [-0.4, -0.2) is 24.7 Å². The van der Waals surface area contributed by atoms with Crippen molar-refractivity contribution in [2.24, 2.45) is 5.92 Å². The SMILES string of the molecule is Cc1ccc(NC(=O)Cn2nc3n(CCC(C)C)c(=O)c4sccc4n3c2=O)cc1Cl. The smallest absolute Gasteiger partial charge is 0.324 e. The molecule has 1 aromatic carbocycles. The largest absolute Gasteiger partial charge is 0.352 e. The summed E-state index contributed by atoms with van der Waals surface area (Å²) in [5.74, 6) is 0.211. The van der Waals surface area contributed by atoms with Crippen LogP contribution in [0, 0.1) is 12.8 Å². The van der Waals surface area contributed by atoms with E-state index in [2.05, 4.69) is 24.3 Å². The molecule has 0 saturated carbocycles. The first-order valence-electron chi connectivity index (χ1n) is 9.92. The van der Waals surface area contributed by atoms with Gasteiger partial charge in [-0.25, -0.2) is 13.9 Å². The average Bonchev–Trinajstić information content (AvgIpc) is 3.30. The van der Waals surface area contributed by atoms with Crippen LogP contribution in [0.5, 0.6) is 0 Å². The van der Waals surface area contributed by atoms with Crippen molar-refractivity contribution in [3.8, 4) is 0 Å². The number of hydrogen-bond donors (Lipinski definition) is 1. The Morgan fingerprint density at radius 1 is 1.26 bits per heavy atom. The van der Waals surface area contributed by atoms with Gasteiger partial charge in [-0.1, -0.05) is 31.5 Å². The molecule has 0 aliphatic rings. The van der Waals surface area contributed by atoms with Crippen LogP contribution >= 0.6 is 22.9 Å². The lowest BCUT2D eigenvalue weighted by molar-refractivity contribution is -0.117. The Hall–Kier alpha value is -2.91. The molecule has 0 bridgehead atoms. The molecule has 0 aliphatic carbocycles. The average molecular weight is 460 g/mol. The highest BCUT2D eigenvalue weighted by Crippen LogP contribution is 2.20. The molecule has 0 spiro atoms. The van der Waals surface area contributed by atoms with Crippen LogP contribution in [0.1, 0.15) is 25.8 Å². The fourth-order valence-corrected chi connectivity index (χ4v) is 4.34. The van der Waals surface area contributed by atoms with Gasteiger partial charge < -0.3 is 5.32 Å². The number of nitrogens with one attached hydrogen (secondary N) is 1. The highest BCUT2D eigenvalue weighted by Gasteiger charge is 2.19. The molecule has 3 aromatic heterocycles. The second-order valence-corrected chi connectivity index (χ2v) is 9.19. The lowest BCUT2D eigenvalue weighted by atomic mass is 10.1. The van der Waals surface area contributed by atoms with Crippen molar-refractivity contribution in [1.82, 2.24) is 18.7 Å². The molecule has 0 unspecified atom stereocenters. The molecule has 8 nitrogen and oxygen atoms in total. The van der Waals surface area contributed by atoms with Crippen LogP contribution in [0.15, 0.2) is 39.2 Å². The summed E-state index contributed by atoms with van der Waals surface area (Å²) < 4.78 is 4.51. The number of halogens is 1. The van der Waals surface area contributed by atoms with Gasteiger partial charge >= 0.3 is 5.69 Å². The van der Waals surface area contributed by atoms with E-state index in [0.717, 1.165) is 16.7 Å². The molecule has 4 rings (SSSR count). The minimum atomic E-state index is -0.464. The van der Waals surface area contributed by atoms with E-state index in [4.69, 9.17) is 11.6 Å². The van der Waals surface area contributed by atoms with E-state index in [1.165, 1.54) is 20.3 Å². The predicted molar refractivity (Wildman–Crippen MR) is 123 cm³/mol. The van der Waals surface area contributed by atoms with E-state index >= 15 is 0 Å². The van der Waals surface area contributed by atoms with Crippen LogP contribution in [0.25, 0.3) is 16.0 Å². The molecular formula is C21H22ClN5O3S. The van der Waals surface area contributed by atoms with Crippen molar-refractivity contribution in [2.75, 3.05) is 5.32 Å². The van der Waals surface area contributed by atoms with Crippen molar-refractivity contribution >= 4 is 50.5 Å². The zero-order valence-corrected chi connectivity index (χ0v) is 19.0. The fraction of sp³-hybridized carbons (Fsp3) is 0.333. The molecule has 10 heteroatoms. The van der Waals surface area contributed by atoms with Crippen LogP contribution in [0.4, 0.5) is 5.69 Å². The van der Waals surface area contributed by atoms with E-state index < -0.39 is 11.6 Å². The minimum absolute atomic E-state index is 0.172. The van der Waals surface area contributed by atoms with Gasteiger partial charge in [0.15, 0.2) is 0 Å². The third-order valence-corrected chi connectivity index (χ3v) is 6.37. The number of aromatic nitrogens is 4. The Bertz CT molecular complexity index is 1410. The Morgan fingerprint density at radius 3 is 2.74 bits per heavy atom. The van der Waals surface area contributed by atoms with Crippen molar-refractivity contribution in [2.45, 2.75) is 40.3 Å². The van der Waals surface area contributed by atoms with E-state index in [0.29, 0.717) is 33.4 Å². The second-order valence-electron chi connectivity index (χ2n) is 7.86. The number of amides is 1. The number of thiophene rings is 1. The molecule has 1 N–H and O–H groups in total. The molecule has 31 heavy (non-hydrogen) atoms. The number of nitrogens with zero attached hydrogens (tertiary/aromatic N) is 4. The normalized spacial score (nSPS) is 11.6. The summed E-state index contributed by atoms with van der Waals surface area (Å²) in [4.78, 5) is 38.6. The van der Waals surface area contributed by atoms with E-state index in [1.807, 2.05) is 6.92 Å². The molecule has 1 amide bonds. The first-order chi connectivity index (χ1) is 14.8. The Morgan fingerprint density at radius 2 is 2.03 bits per heavy atom. The molecule has 4 aromatic rings. The number of benzene rings is 1. The van der Waals surface area contributed by atoms with Gasteiger partial charge in [-0.15, -0.1) is 16.4 Å². The first-order valence-corrected chi connectivity index (χ1v) is 11.2. The number of carbonyl (C=O) groups excluding carboxylic acids is 1. The van der Waals surface area contributed by atoms with Crippen molar-refractivity contribution in [1.29, 1.82) is 0 Å². The maximum atomic E-state index is 13.1. The first kappa shape index (κ1) is 21.3. The van der Waals surface area contributed by atoms with Crippen molar-refractivity contribution in [3.63, 3.8) is 0 Å². The number of hydrogen-bond acceptors (Lipinski definition) is 5. The van der Waals surface area contributed by atoms with Crippen molar-refractivity contribution in [3.05, 3.63) is 61.1 Å². The Kier molecular flexibility index (Phi) is 5.72. The van der Waals surface area contributed by atoms with Crippen LogP contribution in [0.3, 0.4) is 0 Å². The van der Waals surface area contributed by atoms with Crippen LogP contribution in [-0.2, 0) is 17.9 Å². The predicted octanol–water partition coefficient (Wildman–Crippen LogP) is 3.52. The van der Waals surface area contributed by atoms with Gasteiger partial charge in [-0.2, -0.15) is 0 Å². The molecule has 0 aliphatic heterocycles. The lowest BCUT2D eigenvalue weighted by Gasteiger charge is -2.09. The maximum absolute atomic E-state index is 13.1. The number of aryl methyl sites for hydroxylation is 2. The zero-order valence-electron chi connectivity index (χ0n) is 17.4. The molecule has 0 fully saturated rings. The summed E-state index contributed by atoms with van der Waals surface area (Å²) in [6.07, 6.45) is 0.766. The summed E-state index contributed by atoms with van der Waals surface area (Å²) in [6.45, 7) is 6.17. The lowest BCUT2D eigenvalue weighted by Crippen LogP contribution is -2.29. The second kappa shape index (κ2) is 8.32. The minimum Gasteiger partial charge on any atom is -0.324 e. The number of fused-ring (bicyclic) bond motifs is 3. The summed E-state index contributed by atoms with van der Waals surface area (Å²) in [5, 5.41) is 9.38. The molecular weight excluding hydrogens is 438 g/mol. The van der Waals surface area contributed by atoms with E-state index in [9.17, 15) is 14.4 Å². The summed E-state index contributed by atoms with van der Waals surface area (Å²) in [5.41, 5.74) is 1.30. The van der Waals surface area contributed by atoms with Crippen LogP contribution in [0.2, 0.25) is 5.02 Å². The Balaban J connectivity index is 1.73. The topological polar surface area (TPSA) is 90.4 Å². The summed E-state index contributed by atoms with van der Waals surface area (Å²) >= 11 is 7.40. The van der Waals surface area contributed by atoms with Gasteiger partial charge in [0.1, 0.15) is 11.2 Å². The van der Waals surface area contributed by atoms with Gasteiger partial charge in [0, 0.05) is 17.3 Å². The van der Waals surface area contributed by atoms with Crippen LogP contribution < -0.4 is 16.6 Å². The molecule has 3 heterocycles. The van der Waals surface area contributed by atoms with Gasteiger partial charge in [0.2, 0.25) is 11.7 Å². The number of anilines is 1. The van der Waals surface area contributed by atoms with Gasteiger partial charge in [0.25, 0.3) is 5.56 Å². The highest BCUT2D eigenvalue weighted by molar-refractivity contribution is 7.17. The quantitative estimate of drug-likeness (QED) is 0.477. The van der Waals surface area contributed by atoms with E-state index in [-0.39, 0.29) is 17.9 Å². The number of carbonyl (C=O) groups is 1. The summed E-state index contributed by atoms with van der Waals surface area (Å²) in [6, 6.07) is 6.92. The zero-order chi connectivity index (χ0) is 22.3. The third kappa shape index (κ3) is 4.03. The van der Waals surface area contributed by atoms with Gasteiger partial charge in [-0.3, -0.25) is 14.2 Å². The maximum Gasteiger partial charge on any atom is 0.352 e. The summed E-state index contributed by atoms with van der Waals surface area (Å²) in [7, 11) is 0. The monoisotopic (exact) mass is 459 g/mol. The Labute approximate surface area is 186 Å². The van der Waals surface area contributed by atoms with Gasteiger partial charge in [-0.05, 0) is 48.4 Å². The molecule has 0 radical (unpaired) electrons. The molecule has 0 atom stereocenters. The number of rotatable bonds is 6. The van der Waals surface area contributed by atoms with E-state index in [1.54, 1.807) is 29.6 Å². The molecule has 162 valence electrons. The standard InChI is InChI=1S/C21H22ClN5O3S/c1-12(2)6-8-25-19(29)18-16(7-9-31-18)27-20(25)24-26(21(27)30)11-17(28)23-14-5-4-13(3)15(22)10-14/h4-5,7,9-10,12H,6,8,11H2,1-3H3,(H,23,28). The highest BCUT2D eigenvalue weighted by atomic mass is 35.5. The van der Waals surface area contributed by atoms with Gasteiger partial charge in [0.05, 0.1) is 5.52 Å². The fourth-order valence-electron chi connectivity index (χ4n) is 3.33. The molecule has 0 saturated heterocycles.